The topological polar surface area (TPSA) is 107 Å². The zero-order chi connectivity index (χ0) is 22.1. The number of phenols is 1. The molecule has 1 aliphatic heterocycles. The van der Waals surface area contributed by atoms with E-state index in [1.54, 1.807) is 0 Å². The van der Waals surface area contributed by atoms with Crippen LogP contribution in [0.15, 0.2) is 23.1 Å². The number of nitrogens with one attached hydrogen (secondary N) is 1. The number of benzene rings is 1. The van der Waals surface area contributed by atoms with Crippen LogP contribution in [0.5, 0.6) is 5.75 Å². The van der Waals surface area contributed by atoms with Crippen LogP contribution in [0.3, 0.4) is 0 Å². The van der Waals surface area contributed by atoms with Crippen molar-refractivity contribution in [2.24, 2.45) is 0 Å². The van der Waals surface area contributed by atoms with E-state index in [4.69, 9.17) is 0 Å². The number of aromatic hydroxyl groups is 1. The molecular formula is C21H33N3O5S. The first kappa shape index (κ1) is 24.1. The zero-order valence-corrected chi connectivity index (χ0v) is 18.7. The predicted octanol–water partition coefficient (Wildman–Crippen LogP) is 2.93. The van der Waals surface area contributed by atoms with Crippen molar-refractivity contribution in [3.63, 3.8) is 0 Å². The summed E-state index contributed by atoms with van der Waals surface area (Å²) in [6.45, 7) is 6.43. The summed E-state index contributed by atoms with van der Waals surface area (Å²) in [5.74, 6) is -0.531. The van der Waals surface area contributed by atoms with Crippen LogP contribution in [-0.4, -0.2) is 60.7 Å². The van der Waals surface area contributed by atoms with Gasteiger partial charge < -0.3 is 15.3 Å². The summed E-state index contributed by atoms with van der Waals surface area (Å²) in [5.41, 5.74) is 0.0604. The first-order valence-corrected chi connectivity index (χ1v) is 12.1. The smallest absolute Gasteiger partial charge is 0.243 e. The lowest BCUT2D eigenvalue weighted by molar-refractivity contribution is -0.131. The van der Waals surface area contributed by atoms with Crippen LogP contribution in [0.1, 0.15) is 58.8 Å². The Kier molecular flexibility index (Phi) is 9.10. The summed E-state index contributed by atoms with van der Waals surface area (Å²) < 4.78 is 26.8. The van der Waals surface area contributed by atoms with Gasteiger partial charge in [0.05, 0.1) is 10.6 Å². The third kappa shape index (κ3) is 6.43. The molecule has 2 rings (SSSR count). The van der Waals surface area contributed by atoms with Crippen molar-refractivity contribution in [1.82, 2.24) is 9.21 Å². The molecule has 1 saturated heterocycles. The summed E-state index contributed by atoms with van der Waals surface area (Å²) in [4.78, 5) is 26.4. The van der Waals surface area contributed by atoms with Gasteiger partial charge >= 0.3 is 0 Å². The largest absolute Gasteiger partial charge is 0.506 e. The van der Waals surface area contributed by atoms with Crippen molar-refractivity contribution < 1.29 is 23.1 Å². The minimum atomic E-state index is -3.64. The van der Waals surface area contributed by atoms with Crippen molar-refractivity contribution in [2.75, 3.05) is 31.5 Å². The third-order valence-corrected chi connectivity index (χ3v) is 6.97. The molecule has 0 spiro atoms. The second kappa shape index (κ2) is 11.3. The van der Waals surface area contributed by atoms with Gasteiger partial charge in [0.1, 0.15) is 5.75 Å². The van der Waals surface area contributed by atoms with Crippen LogP contribution in [-0.2, 0) is 19.6 Å². The molecule has 0 aromatic heterocycles. The van der Waals surface area contributed by atoms with Crippen LogP contribution in [0, 0.1) is 0 Å². The average molecular weight is 440 g/mol. The second-order valence-electron chi connectivity index (χ2n) is 7.57. The lowest BCUT2D eigenvalue weighted by atomic mass is 10.2. The molecule has 2 N–H and O–H groups in total. The van der Waals surface area contributed by atoms with Crippen LogP contribution in [0.2, 0.25) is 0 Å². The lowest BCUT2D eigenvalue weighted by Gasteiger charge is -2.21. The zero-order valence-electron chi connectivity index (χ0n) is 17.9. The Morgan fingerprint density at radius 1 is 1.10 bits per heavy atom. The number of amides is 2. The van der Waals surface area contributed by atoms with E-state index in [1.165, 1.54) is 22.5 Å². The number of hydrogen-bond donors (Lipinski definition) is 2. The van der Waals surface area contributed by atoms with E-state index in [0.29, 0.717) is 32.6 Å². The number of carbonyl (C=O) groups excluding carboxylic acids is 2. The second-order valence-corrected chi connectivity index (χ2v) is 9.51. The van der Waals surface area contributed by atoms with Gasteiger partial charge in [0, 0.05) is 39.0 Å². The molecule has 1 aromatic rings. The summed E-state index contributed by atoms with van der Waals surface area (Å²) >= 11 is 0. The number of hydrogen-bond acceptors (Lipinski definition) is 5. The van der Waals surface area contributed by atoms with E-state index >= 15 is 0 Å². The maximum absolute atomic E-state index is 12.7. The van der Waals surface area contributed by atoms with Crippen molar-refractivity contribution in [2.45, 2.75) is 63.7 Å². The van der Waals surface area contributed by atoms with Gasteiger partial charge in [-0.15, -0.1) is 0 Å². The molecule has 8 nitrogen and oxygen atoms in total. The quantitative estimate of drug-likeness (QED) is 0.516. The van der Waals surface area contributed by atoms with E-state index in [2.05, 4.69) is 5.32 Å². The first-order chi connectivity index (χ1) is 14.3. The Morgan fingerprint density at radius 3 is 2.33 bits per heavy atom. The Bertz CT molecular complexity index is 829. The summed E-state index contributed by atoms with van der Waals surface area (Å²) in [6.07, 6.45) is 4.22. The van der Waals surface area contributed by atoms with Crippen LogP contribution in [0.4, 0.5) is 5.69 Å². The predicted molar refractivity (Wildman–Crippen MR) is 116 cm³/mol. The van der Waals surface area contributed by atoms with Gasteiger partial charge in [-0.3, -0.25) is 9.59 Å². The minimum absolute atomic E-state index is 0.0352. The molecule has 30 heavy (non-hydrogen) atoms. The maximum atomic E-state index is 12.7. The number of rotatable bonds is 11. The van der Waals surface area contributed by atoms with E-state index in [-0.39, 0.29) is 41.0 Å². The normalized spacial score (nSPS) is 14.6. The van der Waals surface area contributed by atoms with Crippen molar-refractivity contribution in [3.05, 3.63) is 18.2 Å². The van der Waals surface area contributed by atoms with Gasteiger partial charge in [-0.05, 0) is 50.3 Å². The molecule has 0 aliphatic carbocycles. The van der Waals surface area contributed by atoms with Crippen LogP contribution >= 0.6 is 0 Å². The fourth-order valence-electron chi connectivity index (χ4n) is 3.53. The molecule has 9 heteroatoms. The monoisotopic (exact) mass is 439 g/mol. The third-order valence-electron chi connectivity index (χ3n) is 5.08. The first-order valence-electron chi connectivity index (χ1n) is 10.7. The van der Waals surface area contributed by atoms with E-state index in [1.807, 2.05) is 18.7 Å². The van der Waals surface area contributed by atoms with Crippen molar-refractivity contribution in [1.29, 1.82) is 0 Å². The minimum Gasteiger partial charge on any atom is -0.506 e. The number of anilines is 1. The summed E-state index contributed by atoms with van der Waals surface area (Å²) in [7, 11) is -3.64. The number of sulfonamides is 1. The SMILES string of the molecule is CCCN(CCC)C(=O)CCCC(=O)Nc1cc(S(=O)(=O)N2CCCC2)ccc1O. The maximum Gasteiger partial charge on any atom is 0.243 e. The highest BCUT2D eigenvalue weighted by Gasteiger charge is 2.28. The molecule has 1 aromatic carbocycles. The Labute approximate surface area is 179 Å². The van der Waals surface area contributed by atoms with E-state index in [0.717, 1.165) is 25.7 Å². The van der Waals surface area contributed by atoms with Crippen LogP contribution < -0.4 is 5.32 Å². The Morgan fingerprint density at radius 2 is 1.73 bits per heavy atom. The van der Waals surface area contributed by atoms with Gasteiger partial charge in [0.2, 0.25) is 21.8 Å². The van der Waals surface area contributed by atoms with E-state index in [9.17, 15) is 23.1 Å². The van der Waals surface area contributed by atoms with Gasteiger partial charge in [-0.1, -0.05) is 13.8 Å². The molecule has 2 amide bonds. The van der Waals surface area contributed by atoms with Gasteiger partial charge in [0.25, 0.3) is 0 Å². The molecule has 0 radical (unpaired) electrons. The van der Waals surface area contributed by atoms with Gasteiger partial charge in [0.15, 0.2) is 0 Å². The molecule has 0 atom stereocenters. The number of nitrogens with zero attached hydrogens (tertiary/aromatic N) is 2. The van der Waals surface area contributed by atoms with Gasteiger partial charge in [-0.25, -0.2) is 8.42 Å². The molecule has 1 aliphatic rings. The van der Waals surface area contributed by atoms with Gasteiger partial charge in [-0.2, -0.15) is 4.31 Å². The summed E-state index contributed by atoms with van der Waals surface area (Å²) in [6, 6.07) is 3.90. The summed E-state index contributed by atoms with van der Waals surface area (Å²) in [5, 5.41) is 12.6. The highest BCUT2D eigenvalue weighted by atomic mass is 32.2. The highest BCUT2D eigenvalue weighted by Crippen LogP contribution is 2.29. The fraction of sp³-hybridized carbons (Fsp3) is 0.619. The molecule has 0 bridgehead atoms. The molecule has 0 saturated carbocycles. The molecule has 1 fully saturated rings. The van der Waals surface area contributed by atoms with Crippen LogP contribution in [0.25, 0.3) is 0 Å². The molecular weight excluding hydrogens is 406 g/mol. The van der Waals surface area contributed by atoms with E-state index < -0.39 is 10.0 Å². The van der Waals surface area contributed by atoms with Crippen molar-refractivity contribution in [3.8, 4) is 5.75 Å². The molecule has 168 valence electrons. The standard InChI is InChI=1S/C21H33N3O5S/c1-3-12-23(13-4-2)21(27)9-7-8-20(26)22-18-16-17(10-11-19(18)25)30(28,29)24-14-5-6-15-24/h10-11,16,25H,3-9,12-15H2,1-2H3,(H,22,26). The molecule has 0 unspecified atom stereocenters. The Hall–Kier alpha value is -2.13. The highest BCUT2D eigenvalue weighted by molar-refractivity contribution is 7.89. The fourth-order valence-corrected chi connectivity index (χ4v) is 5.07. The lowest BCUT2D eigenvalue weighted by Crippen LogP contribution is -2.32. The average Bonchev–Trinajstić information content (AvgIpc) is 3.25. The van der Waals surface area contributed by atoms with Crippen molar-refractivity contribution >= 4 is 27.5 Å². The number of carbonyl (C=O) groups is 2. The Balaban J connectivity index is 1.94. The number of phenolic OH excluding ortho intramolecular Hbond substituents is 1. The molecule has 1 heterocycles.